The van der Waals surface area contributed by atoms with Crippen LogP contribution in [0.4, 0.5) is 5.69 Å². The van der Waals surface area contributed by atoms with Gasteiger partial charge in [0.25, 0.3) is 0 Å². The van der Waals surface area contributed by atoms with Crippen LogP contribution in [0.15, 0.2) is 16.6 Å². The number of methoxy groups -OCH3 is 1. The molecule has 0 aliphatic carbocycles. The summed E-state index contributed by atoms with van der Waals surface area (Å²) >= 11 is 3.45. The molecule has 0 radical (unpaired) electrons. The summed E-state index contributed by atoms with van der Waals surface area (Å²) < 4.78 is 6.29. The lowest BCUT2D eigenvalue weighted by Gasteiger charge is -2.08. The van der Waals surface area contributed by atoms with Gasteiger partial charge < -0.3 is 10.1 Å². The van der Waals surface area contributed by atoms with Crippen molar-refractivity contribution in [1.82, 2.24) is 0 Å². The number of ether oxygens (including phenoxy) is 1. The molecule has 12 heavy (non-hydrogen) atoms. The summed E-state index contributed by atoms with van der Waals surface area (Å²) in [6.07, 6.45) is 1.10. The predicted molar refractivity (Wildman–Crippen MR) is 52.9 cm³/mol. The summed E-state index contributed by atoms with van der Waals surface area (Å²) in [5, 5.41) is 3.31. The Kier molecular flexibility index (Phi) is 1.97. The van der Waals surface area contributed by atoms with Gasteiger partial charge in [-0.05, 0) is 34.0 Å². The van der Waals surface area contributed by atoms with Crippen molar-refractivity contribution in [3.63, 3.8) is 0 Å². The number of nitrogens with one attached hydrogen (secondary N) is 1. The van der Waals surface area contributed by atoms with Crippen molar-refractivity contribution in [1.29, 1.82) is 0 Å². The maximum atomic E-state index is 5.28. The lowest BCUT2D eigenvalue weighted by Crippen LogP contribution is -1.94. The number of halogens is 1. The van der Waals surface area contributed by atoms with Gasteiger partial charge in [0.05, 0.1) is 17.3 Å². The van der Waals surface area contributed by atoms with Gasteiger partial charge in [0.1, 0.15) is 0 Å². The van der Waals surface area contributed by atoms with Crippen molar-refractivity contribution < 1.29 is 4.74 Å². The van der Waals surface area contributed by atoms with Crippen LogP contribution in [0.25, 0.3) is 0 Å². The van der Waals surface area contributed by atoms with E-state index in [2.05, 4.69) is 27.3 Å². The van der Waals surface area contributed by atoms with Crippen LogP contribution in [0.5, 0.6) is 5.75 Å². The molecule has 1 aliphatic heterocycles. The summed E-state index contributed by atoms with van der Waals surface area (Å²) in [5.74, 6) is 0.921. The number of fused-ring (bicyclic) bond motifs is 1. The summed E-state index contributed by atoms with van der Waals surface area (Å²) in [6.45, 7) is 1.02. The van der Waals surface area contributed by atoms with Crippen molar-refractivity contribution in [3.8, 4) is 5.75 Å². The highest BCUT2D eigenvalue weighted by molar-refractivity contribution is 9.10. The average molecular weight is 228 g/mol. The Labute approximate surface area is 80.1 Å². The predicted octanol–water partition coefficient (Wildman–Crippen LogP) is 2.43. The molecule has 1 N–H and O–H groups in total. The van der Waals surface area contributed by atoms with Crippen LogP contribution in [0.1, 0.15) is 5.56 Å². The van der Waals surface area contributed by atoms with Gasteiger partial charge in [0.2, 0.25) is 0 Å². The second kappa shape index (κ2) is 2.98. The van der Waals surface area contributed by atoms with Gasteiger partial charge in [-0.2, -0.15) is 0 Å². The van der Waals surface area contributed by atoms with Gasteiger partial charge >= 0.3 is 0 Å². The van der Waals surface area contributed by atoms with Gasteiger partial charge in [-0.25, -0.2) is 0 Å². The molecule has 1 heterocycles. The minimum atomic E-state index is 0.921. The van der Waals surface area contributed by atoms with E-state index in [0.29, 0.717) is 0 Å². The van der Waals surface area contributed by atoms with E-state index in [4.69, 9.17) is 4.74 Å². The van der Waals surface area contributed by atoms with Crippen molar-refractivity contribution in [3.05, 3.63) is 22.2 Å². The number of hydrogen-bond acceptors (Lipinski definition) is 2. The first-order valence-electron chi connectivity index (χ1n) is 3.92. The lowest BCUT2D eigenvalue weighted by molar-refractivity contribution is 0.414. The molecule has 0 spiro atoms. The summed E-state index contributed by atoms with van der Waals surface area (Å²) in [7, 11) is 1.69. The zero-order valence-electron chi connectivity index (χ0n) is 6.86. The smallest absolute Gasteiger partial charge is 0.156 e. The fourth-order valence-electron chi connectivity index (χ4n) is 1.52. The Bertz CT molecular complexity index is 312. The highest BCUT2D eigenvalue weighted by atomic mass is 79.9. The van der Waals surface area contributed by atoms with Crippen LogP contribution in [-0.4, -0.2) is 13.7 Å². The molecule has 0 bridgehead atoms. The largest absolute Gasteiger partial charge is 0.493 e. The molecule has 2 rings (SSSR count). The van der Waals surface area contributed by atoms with Crippen LogP contribution < -0.4 is 10.1 Å². The molecular formula is C9H10BrNO. The molecule has 1 aliphatic rings. The molecule has 3 heteroatoms. The first-order valence-corrected chi connectivity index (χ1v) is 4.71. The van der Waals surface area contributed by atoms with Crippen LogP contribution in [0.2, 0.25) is 0 Å². The molecule has 0 atom stereocenters. The van der Waals surface area contributed by atoms with E-state index in [0.717, 1.165) is 28.9 Å². The Morgan fingerprint density at radius 1 is 1.50 bits per heavy atom. The highest BCUT2D eigenvalue weighted by Crippen LogP contribution is 2.38. The Balaban J connectivity index is 2.57. The third-order valence-electron chi connectivity index (χ3n) is 2.10. The van der Waals surface area contributed by atoms with Crippen molar-refractivity contribution in [2.45, 2.75) is 6.42 Å². The van der Waals surface area contributed by atoms with Crippen molar-refractivity contribution >= 4 is 21.6 Å². The van der Waals surface area contributed by atoms with Crippen LogP contribution in [0.3, 0.4) is 0 Å². The van der Waals surface area contributed by atoms with Gasteiger partial charge in [-0.15, -0.1) is 0 Å². The fourth-order valence-corrected chi connectivity index (χ4v) is 2.01. The normalized spacial score (nSPS) is 13.8. The number of hydrogen-bond donors (Lipinski definition) is 1. The molecule has 0 saturated carbocycles. The minimum Gasteiger partial charge on any atom is -0.493 e. The van der Waals surface area contributed by atoms with Gasteiger partial charge in [0, 0.05) is 6.54 Å². The Morgan fingerprint density at radius 3 is 3.08 bits per heavy atom. The van der Waals surface area contributed by atoms with E-state index in [-0.39, 0.29) is 0 Å². The summed E-state index contributed by atoms with van der Waals surface area (Å²) in [4.78, 5) is 0. The molecule has 0 fully saturated rings. The molecule has 1 aromatic carbocycles. The third kappa shape index (κ3) is 1.08. The van der Waals surface area contributed by atoms with Crippen LogP contribution in [0, 0.1) is 0 Å². The molecule has 0 saturated heterocycles. The number of anilines is 1. The van der Waals surface area contributed by atoms with E-state index in [1.807, 2.05) is 6.07 Å². The summed E-state index contributed by atoms with van der Waals surface area (Å²) in [6, 6.07) is 4.16. The van der Waals surface area contributed by atoms with Gasteiger partial charge in [-0.3, -0.25) is 0 Å². The van der Waals surface area contributed by atoms with E-state index in [1.54, 1.807) is 7.11 Å². The Hall–Kier alpha value is -0.700. The second-order valence-corrected chi connectivity index (χ2v) is 3.65. The van der Waals surface area contributed by atoms with E-state index in [9.17, 15) is 0 Å². The van der Waals surface area contributed by atoms with E-state index >= 15 is 0 Å². The molecule has 0 aromatic heterocycles. The monoisotopic (exact) mass is 227 g/mol. The quantitative estimate of drug-likeness (QED) is 0.796. The molecule has 1 aromatic rings. The standard InChI is InChI=1S/C9H10BrNO/c1-12-9-7(10)3-2-6-4-5-11-8(6)9/h2-3,11H,4-5H2,1H3. The number of benzene rings is 1. The zero-order chi connectivity index (χ0) is 8.55. The van der Waals surface area contributed by atoms with Gasteiger partial charge in [-0.1, -0.05) is 6.07 Å². The minimum absolute atomic E-state index is 0.921. The molecule has 64 valence electrons. The highest BCUT2D eigenvalue weighted by Gasteiger charge is 2.16. The molecule has 0 unspecified atom stereocenters. The third-order valence-corrected chi connectivity index (χ3v) is 2.72. The topological polar surface area (TPSA) is 21.3 Å². The zero-order valence-corrected chi connectivity index (χ0v) is 8.44. The molecular weight excluding hydrogens is 218 g/mol. The maximum absolute atomic E-state index is 5.28. The lowest BCUT2D eigenvalue weighted by atomic mass is 10.1. The number of rotatable bonds is 1. The Morgan fingerprint density at radius 2 is 2.33 bits per heavy atom. The van der Waals surface area contributed by atoms with E-state index in [1.165, 1.54) is 5.56 Å². The van der Waals surface area contributed by atoms with Crippen molar-refractivity contribution in [2.24, 2.45) is 0 Å². The van der Waals surface area contributed by atoms with Gasteiger partial charge in [0.15, 0.2) is 5.75 Å². The van der Waals surface area contributed by atoms with Crippen molar-refractivity contribution in [2.75, 3.05) is 19.0 Å². The maximum Gasteiger partial charge on any atom is 0.156 e. The molecule has 2 nitrogen and oxygen atoms in total. The molecule has 0 amide bonds. The first kappa shape index (κ1) is 7.92. The van der Waals surface area contributed by atoms with Crippen LogP contribution in [-0.2, 0) is 6.42 Å². The van der Waals surface area contributed by atoms with E-state index < -0.39 is 0 Å². The fraction of sp³-hybridized carbons (Fsp3) is 0.333. The average Bonchev–Trinajstić information content (AvgIpc) is 2.52. The SMILES string of the molecule is COc1c(Br)ccc2c1NCC2. The first-order chi connectivity index (χ1) is 5.83. The van der Waals surface area contributed by atoms with Crippen LogP contribution >= 0.6 is 15.9 Å². The second-order valence-electron chi connectivity index (χ2n) is 2.79. The summed E-state index contributed by atoms with van der Waals surface area (Å²) in [5.41, 5.74) is 2.49.